The zero-order valence-corrected chi connectivity index (χ0v) is 12.3. The normalized spacial score (nSPS) is 17.9. The summed E-state index contributed by atoms with van der Waals surface area (Å²) in [5, 5.41) is 3.15. The van der Waals surface area contributed by atoms with Gasteiger partial charge in [-0.15, -0.1) is 11.8 Å². The summed E-state index contributed by atoms with van der Waals surface area (Å²) in [4.78, 5) is 12.1. The standard InChI is InChI=1S/C16H20N2OS/c17-9-4-7-13-5-3-6-14(11-13)12-18-16(19)15-8-1-2-10-20-15/h3,5-6,11,15H,1-2,8-10,12,17H2,(H,18,19). The van der Waals surface area contributed by atoms with Gasteiger partial charge in [-0.05, 0) is 36.3 Å². The monoisotopic (exact) mass is 288 g/mol. The lowest BCUT2D eigenvalue weighted by Gasteiger charge is -2.20. The molecule has 1 aromatic carbocycles. The van der Waals surface area contributed by atoms with Gasteiger partial charge in [0, 0.05) is 12.1 Å². The zero-order chi connectivity index (χ0) is 14.2. The van der Waals surface area contributed by atoms with Crippen LogP contribution in [0.4, 0.5) is 0 Å². The Labute approximate surface area is 124 Å². The van der Waals surface area contributed by atoms with Crippen molar-refractivity contribution in [2.75, 3.05) is 12.3 Å². The molecule has 0 spiro atoms. The van der Waals surface area contributed by atoms with E-state index in [9.17, 15) is 4.79 Å². The second-order valence-electron chi connectivity index (χ2n) is 4.78. The molecule has 106 valence electrons. The zero-order valence-electron chi connectivity index (χ0n) is 11.5. The van der Waals surface area contributed by atoms with Crippen molar-refractivity contribution in [2.45, 2.75) is 31.1 Å². The number of benzene rings is 1. The molecule has 20 heavy (non-hydrogen) atoms. The Hall–Kier alpha value is -1.44. The van der Waals surface area contributed by atoms with Crippen molar-refractivity contribution in [3.05, 3.63) is 35.4 Å². The Balaban J connectivity index is 1.88. The number of amides is 1. The van der Waals surface area contributed by atoms with E-state index in [2.05, 4.69) is 17.2 Å². The molecule has 2 rings (SSSR count). The van der Waals surface area contributed by atoms with Crippen LogP contribution in [0.15, 0.2) is 24.3 Å². The van der Waals surface area contributed by atoms with Gasteiger partial charge in [0.25, 0.3) is 0 Å². The van der Waals surface area contributed by atoms with Crippen molar-refractivity contribution in [1.82, 2.24) is 5.32 Å². The Morgan fingerprint density at radius 1 is 1.45 bits per heavy atom. The number of hydrogen-bond acceptors (Lipinski definition) is 3. The van der Waals surface area contributed by atoms with E-state index < -0.39 is 0 Å². The van der Waals surface area contributed by atoms with E-state index in [1.807, 2.05) is 24.3 Å². The number of carbonyl (C=O) groups is 1. The highest BCUT2D eigenvalue weighted by Crippen LogP contribution is 2.25. The second kappa shape index (κ2) is 7.98. The van der Waals surface area contributed by atoms with Crippen LogP contribution >= 0.6 is 11.8 Å². The Bertz CT molecular complexity index is 513. The summed E-state index contributed by atoms with van der Waals surface area (Å²) in [6.45, 7) is 0.925. The molecule has 3 nitrogen and oxygen atoms in total. The maximum Gasteiger partial charge on any atom is 0.233 e. The third kappa shape index (κ3) is 4.59. The van der Waals surface area contributed by atoms with Gasteiger partial charge in [-0.25, -0.2) is 0 Å². The molecule has 1 atom stereocenters. The molecule has 1 aliphatic rings. The van der Waals surface area contributed by atoms with Crippen molar-refractivity contribution in [3.63, 3.8) is 0 Å². The van der Waals surface area contributed by atoms with Crippen molar-refractivity contribution in [1.29, 1.82) is 0 Å². The fourth-order valence-corrected chi connectivity index (χ4v) is 3.39. The summed E-state index contributed by atoms with van der Waals surface area (Å²) in [7, 11) is 0. The van der Waals surface area contributed by atoms with E-state index in [4.69, 9.17) is 5.73 Å². The first-order valence-corrected chi connectivity index (χ1v) is 8.01. The third-order valence-electron chi connectivity index (χ3n) is 3.20. The minimum absolute atomic E-state index is 0.129. The maximum absolute atomic E-state index is 12.1. The van der Waals surface area contributed by atoms with Crippen LogP contribution in [0, 0.1) is 11.8 Å². The van der Waals surface area contributed by atoms with Crippen LogP contribution in [0.1, 0.15) is 30.4 Å². The first-order chi connectivity index (χ1) is 9.79. The Kier molecular flexibility index (Phi) is 5.97. The number of hydrogen-bond donors (Lipinski definition) is 2. The molecular formula is C16H20N2OS. The predicted molar refractivity (Wildman–Crippen MR) is 84.3 cm³/mol. The van der Waals surface area contributed by atoms with E-state index in [-0.39, 0.29) is 11.2 Å². The first kappa shape index (κ1) is 15.0. The minimum atomic E-state index is 0.129. The molecule has 0 aromatic heterocycles. The van der Waals surface area contributed by atoms with Gasteiger partial charge in [0.1, 0.15) is 0 Å². The van der Waals surface area contributed by atoms with Gasteiger partial charge in [-0.2, -0.15) is 0 Å². The third-order valence-corrected chi connectivity index (χ3v) is 4.58. The molecule has 4 heteroatoms. The van der Waals surface area contributed by atoms with Gasteiger partial charge in [0.05, 0.1) is 11.8 Å². The van der Waals surface area contributed by atoms with Crippen molar-refractivity contribution in [3.8, 4) is 11.8 Å². The SMILES string of the molecule is NCC#Cc1cccc(CNC(=O)C2CCCCS2)c1. The fourth-order valence-electron chi connectivity index (χ4n) is 2.16. The van der Waals surface area contributed by atoms with Crippen LogP contribution in [0.5, 0.6) is 0 Å². The average Bonchev–Trinajstić information content (AvgIpc) is 2.52. The summed E-state index contributed by atoms with van der Waals surface area (Å²) >= 11 is 1.77. The quantitative estimate of drug-likeness (QED) is 0.835. The average molecular weight is 288 g/mol. The van der Waals surface area contributed by atoms with Crippen molar-refractivity contribution < 1.29 is 4.79 Å². The first-order valence-electron chi connectivity index (χ1n) is 6.97. The Morgan fingerprint density at radius 3 is 3.10 bits per heavy atom. The molecule has 1 unspecified atom stereocenters. The van der Waals surface area contributed by atoms with Crippen LogP contribution in [-0.4, -0.2) is 23.5 Å². The molecule has 1 aromatic rings. The van der Waals surface area contributed by atoms with E-state index in [0.29, 0.717) is 13.1 Å². The van der Waals surface area contributed by atoms with Crippen LogP contribution in [0.3, 0.4) is 0 Å². The molecule has 0 saturated carbocycles. The lowest BCUT2D eigenvalue weighted by molar-refractivity contribution is -0.120. The lowest BCUT2D eigenvalue weighted by atomic mass is 10.1. The van der Waals surface area contributed by atoms with Crippen LogP contribution in [0.2, 0.25) is 0 Å². The van der Waals surface area contributed by atoms with Gasteiger partial charge < -0.3 is 11.1 Å². The van der Waals surface area contributed by atoms with E-state index in [1.165, 1.54) is 6.42 Å². The van der Waals surface area contributed by atoms with Gasteiger partial charge in [0.2, 0.25) is 5.91 Å². The van der Waals surface area contributed by atoms with Crippen molar-refractivity contribution in [2.24, 2.45) is 5.73 Å². The van der Waals surface area contributed by atoms with Crippen LogP contribution < -0.4 is 11.1 Å². The number of rotatable bonds is 3. The van der Waals surface area contributed by atoms with Gasteiger partial charge in [-0.3, -0.25) is 4.79 Å². The maximum atomic E-state index is 12.1. The molecule has 0 aliphatic carbocycles. The molecular weight excluding hydrogens is 268 g/mol. The van der Waals surface area contributed by atoms with Crippen LogP contribution in [-0.2, 0) is 11.3 Å². The summed E-state index contributed by atoms with van der Waals surface area (Å²) in [6.07, 6.45) is 3.39. The highest BCUT2D eigenvalue weighted by atomic mass is 32.2. The van der Waals surface area contributed by atoms with E-state index in [0.717, 1.165) is 29.7 Å². The highest BCUT2D eigenvalue weighted by Gasteiger charge is 2.21. The van der Waals surface area contributed by atoms with Gasteiger partial charge in [-0.1, -0.05) is 30.4 Å². The number of thioether (sulfide) groups is 1. The fraction of sp³-hybridized carbons (Fsp3) is 0.438. The molecule has 1 saturated heterocycles. The van der Waals surface area contributed by atoms with Gasteiger partial charge in [0.15, 0.2) is 0 Å². The Morgan fingerprint density at radius 2 is 2.35 bits per heavy atom. The number of carbonyl (C=O) groups excluding carboxylic acids is 1. The number of nitrogens with two attached hydrogens (primary N) is 1. The van der Waals surface area contributed by atoms with Gasteiger partial charge >= 0.3 is 0 Å². The molecule has 0 radical (unpaired) electrons. The molecule has 1 fully saturated rings. The predicted octanol–water partition coefficient (Wildman–Crippen LogP) is 1.90. The van der Waals surface area contributed by atoms with E-state index in [1.54, 1.807) is 11.8 Å². The topological polar surface area (TPSA) is 55.1 Å². The molecule has 0 bridgehead atoms. The highest BCUT2D eigenvalue weighted by molar-refractivity contribution is 8.00. The van der Waals surface area contributed by atoms with E-state index >= 15 is 0 Å². The molecule has 1 aliphatic heterocycles. The molecule has 1 heterocycles. The summed E-state index contributed by atoms with van der Waals surface area (Å²) in [5.74, 6) is 7.10. The largest absolute Gasteiger partial charge is 0.351 e. The summed E-state index contributed by atoms with van der Waals surface area (Å²) in [6, 6.07) is 7.90. The summed E-state index contributed by atoms with van der Waals surface area (Å²) < 4.78 is 0. The van der Waals surface area contributed by atoms with Crippen LogP contribution in [0.25, 0.3) is 0 Å². The molecule has 3 N–H and O–H groups in total. The second-order valence-corrected chi connectivity index (χ2v) is 6.09. The number of nitrogens with one attached hydrogen (secondary N) is 1. The minimum Gasteiger partial charge on any atom is -0.351 e. The summed E-state index contributed by atoms with van der Waals surface area (Å²) in [5.41, 5.74) is 7.37. The van der Waals surface area contributed by atoms with Crippen molar-refractivity contribution >= 4 is 17.7 Å². The lowest BCUT2D eigenvalue weighted by Crippen LogP contribution is -2.33. The smallest absolute Gasteiger partial charge is 0.233 e. The molecule has 1 amide bonds.